The lowest BCUT2D eigenvalue weighted by Gasteiger charge is -2.20. The second kappa shape index (κ2) is 9.48. The summed E-state index contributed by atoms with van der Waals surface area (Å²) in [5, 5.41) is 16.7. The van der Waals surface area contributed by atoms with E-state index in [-0.39, 0.29) is 24.4 Å². The minimum Gasteiger partial charge on any atom is -0.352 e. The van der Waals surface area contributed by atoms with Gasteiger partial charge in [0.25, 0.3) is 0 Å². The SMILES string of the molecule is Cc1nnc2n1-c1sc3c(c1[C@H](c1ccccc1Cl)NC2)C[C@H](C(=O)NCc1cncc(C(F)(F)F)c1)C3. The van der Waals surface area contributed by atoms with Crippen molar-refractivity contribution < 1.29 is 18.0 Å². The van der Waals surface area contributed by atoms with E-state index in [0.717, 1.165) is 50.5 Å². The van der Waals surface area contributed by atoms with Gasteiger partial charge in [-0.05, 0) is 48.6 Å². The average Bonchev–Trinajstić information content (AvgIpc) is 3.53. The molecule has 196 valence electrons. The summed E-state index contributed by atoms with van der Waals surface area (Å²) in [5.41, 5.74) is 2.57. The molecule has 38 heavy (non-hydrogen) atoms. The number of aromatic nitrogens is 4. The molecule has 2 N–H and O–H groups in total. The Labute approximate surface area is 225 Å². The number of pyridine rings is 1. The Bertz CT molecular complexity index is 1550. The van der Waals surface area contributed by atoms with E-state index < -0.39 is 11.7 Å². The highest BCUT2D eigenvalue weighted by molar-refractivity contribution is 7.15. The highest BCUT2D eigenvalue weighted by Crippen LogP contribution is 2.47. The van der Waals surface area contributed by atoms with Gasteiger partial charge < -0.3 is 5.32 Å². The molecule has 7 nitrogen and oxygen atoms in total. The highest BCUT2D eigenvalue weighted by atomic mass is 35.5. The second-order valence-electron chi connectivity index (χ2n) is 9.46. The number of alkyl halides is 3. The summed E-state index contributed by atoms with van der Waals surface area (Å²) in [6.07, 6.45) is -1.31. The predicted molar refractivity (Wildman–Crippen MR) is 136 cm³/mol. The summed E-state index contributed by atoms with van der Waals surface area (Å²) < 4.78 is 41.1. The fourth-order valence-corrected chi connectivity index (χ4v) is 6.98. The lowest BCUT2D eigenvalue weighted by atomic mass is 9.95. The van der Waals surface area contributed by atoms with E-state index in [1.165, 1.54) is 6.20 Å². The van der Waals surface area contributed by atoms with Crippen LogP contribution in [0, 0.1) is 12.8 Å². The van der Waals surface area contributed by atoms with E-state index in [2.05, 4.69) is 30.4 Å². The molecule has 0 fully saturated rings. The third kappa shape index (κ3) is 4.38. The first-order valence-electron chi connectivity index (χ1n) is 12.0. The van der Waals surface area contributed by atoms with Gasteiger partial charge in [-0.2, -0.15) is 13.2 Å². The maximum absolute atomic E-state index is 13.1. The van der Waals surface area contributed by atoms with E-state index in [1.807, 2.05) is 31.2 Å². The maximum atomic E-state index is 13.1. The van der Waals surface area contributed by atoms with Crippen LogP contribution in [0.15, 0.2) is 42.7 Å². The van der Waals surface area contributed by atoms with Crippen LogP contribution in [0.5, 0.6) is 0 Å². The highest BCUT2D eigenvalue weighted by Gasteiger charge is 2.38. The van der Waals surface area contributed by atoms with Crippen LogP contribution in [0.1, 0.15) is 50.4 Å². The summed E-state index contributed by atoms with van der Waals surface area (Å²) >= 11 is 8.25. The first kappa shape index (κ1) is 25.0. The van der Waals surface area contributed by atoms with Gasteiger partial charge in [-0.1, -0.05) is 29.8 Å². The molecule has 0 saturated heterocycles. The first-order valence-corrected chi connectivity index (χ1v) is 13.2. The van der Waals surface area contributed by atoms with Crippen LogP contribution in [0.25, 0.3) is 5.00 Å². The van der Waals surface area contributed by atoms with Crippen molar-refractivity contribution in [2.24, 2.45) is 5.92 Å². The molecule has 3 aromatic heterocycles. The fraction of sp³-hybridized carbons (Fsp3) is 0.308. The zero-order valence-corrected chi connectivity index (χ0v) is 21.7. The number of amides is 1. The van der Waals surface area contributed by atoms with Gasteiger partial charge in [0.15, 0.2) is 5.82 Å². The number of hydrogen-bond donors (Lipinski definition) is 2. The molecule has 2 atom stereocenters. The zero-order valence-electron chi connectivity index (χ0n) is 20.1. The van der Waals surface area contributed by atoms with Crippen molar-refractivity contribution in [3.05, 3.63) is 92.1 Å². The van der Waals surface area contributed by atoms with Gasteiger partial charge in [0.2, 0.25) is 5.91 Å². The number of benzene rings is 1. The van der Waals surface area contributed by atoms with Gasteiger partial charge in [0.1, 0.15) is 10.8 Å². The molecule has 6 rings (SSSR count). The maximum Gasteiger partial charge on any atom is 0.417 e. The number of fused-ring (bicyclic) bond motifs is 5. The quantitative estimate of drug-likeness (QED) is 0.371. The molecule has 0 bridgehead atoms. The Kier molecular flexibility index (Phi) is 6.24. The molecule has 4 aromatic rings. The Hall–Kier alpha value is -3.28. The van der Waals surface area contributed by atoms with Gasteiger partial charge >= 0.3 is 6.18 Å². The van der Waals surface area contributed by atoms with Crippen LogP contribution in [0.3, 0.4) is 0 Å². The van der Waals surface area contributed by atoms with Gasteiger partial charge in [-0.3, -0.25) is 19.7 Å². The Morgan fingerprint density at radius 1 is 1.24 bits per heavy atom. The fourth-order valence-electron chi connectivity index (χ4n) is 5.22. The molecule has 0 saturated carbocycles. The molecule has 1 aromatic carbocycles. The Morgan fingerprint density at radius 3 is 2.84 bits per heavy atom. The van der Waals surface area contributed by atoms with Gasteiger partial charge in [-0.15, -0.1) is 21.5 Å². The molecule has 4 heterocycles. The van der Waals surface area contributed by atoms with Gasteiger partial charge in [0, 0.05) is 40.3 Å². The third-order valence-electron chi connectivity index (χ3n) is 7.02. The molecule has 0 unspecified atom stereocenters. The summed E-state index contributed by atoms with van der Waals surface area (Å²) in [5.74, 6) is 1.07. The number of thiophene rings is 1. The summed E-state index contributed by atoms with van der Waals surface area (Å²) in [6, 6.07) is 8.51. The standard InChI is InChI=1S/C26H22ClF3N6OS/c1-13-34-35-21-12-32-23(17-4-2-3-5-19(17)27)22-18-7-15(8-20(18)38-25(22)36(13)21)24(37)33-10-14-6-16(11-31-9-14)26(28,29)30/h2-6,9,11,15,23,32H,7-8,10,12H2,1H3,(H,33,37)/t15-,23-/m0/s1. The minimum absolute atomic E-state index is 0.0227. The number of halogens is 4. The van der Waals surface area contributed by atoms with Crippen LogP contribution in [0.4, 0.5) is 13.2 Å². The number of aryl methyl sites for hydroxylation is 1. The molecule has 0 radical (unpaired) electrons. The first-order chi connectivity index (χ1) is 18.2. The number of carbonyl (C=O) groups excluding carboxylic acids is 1. The van der Waals surface area contributed by atoms with Crippen LogP contribution >= 0.6 is 22.9 Å². The van der Waals surface area contributed by atoms with Crippen molar-refractivity contribution in [1.29, 1.82) is 0 Å². The van der Waals surface area contributed by atoms with E-state index in [4.69, 9.17) is 11.6 Å². The topological polar surface area (TPSA) is 84.7 Å². The molecular weight excluding hydrogens is 537 g/mol. The number of hydrogen-bond acceptors (Lipinski definition) is 6. The van der Waals surface area contributed by atoms with Crippen molar-refractivity contribution in [1.82, 2.24) is 30.4 Å². The van der Waals surface area contributed by atoms with Gasteiger partial charge in [-0.25, -0.2) is 0 Å². The van der Waals surface area contributed by atoms with Crippen LogP contribution in [-0.2, 0) is 36.9 Å². The van der Waals surface area contributed by atoms with Crippen LogP contribution < -0.4 is 10.6 Å². The Balaban J connectivity index is 1.28. The molecule has 12 heteroatoms. The summed E-state index contributed by atoms with van der Waals surface area (Å²) in [6.45, 7) is 2.40. The molecule has 0 spiro atoms. The lowest BCUT2D eigenvalue weighted by Crippen LogP contribution is -2.31. The molecule has 2 aliphatic rings. The Morgan fingerprint density at radius 2 is 2.05 bits per heavy atom. The number of rotatable bonds is 4. The van der Waals surface area contributed by atoms with Crippen molar-refractivity contribution in [3.8, 4) is 5.00 Å². The molecule has 1 amide bonds. The van der Waals surface area contributed by atoms with Crippen molar-refractivity contribution >= 4 is 28.8 Å². The molecule has 1 aliphatic heterocycles. The largest absolute Gasteiger partial charge is 0.417 e. The van der Waals surface area contributed by atoms with Crippen molar-refractivity contribution in [2.45, 2.75) is 45.1 Å². The predicted octanol–water partition coefficient (Wildman–Crippen LogP) is 4.93. The number of nitrogens with zero attached hydrogens (tertiary/aromatic N) is 4. The smallest absolute Gasteiger partial charge is 0.352 e. The van der Waals surface area contributed by atoms with Crippen LogP contribution in [-0.4, -0.2) is 25.7 Å². The monoisotopic (exact) mass is 558 g/mol. The minimum atomic E-state index is -4.49. The number of carbonyl (C=O) groups is 1. The average molecular weight is 559 g/mol. The van der Waals surface area contributed by atoms with Gasteiger partial charge in [0.05, 0.1) is 18.2 Å². The summed E-state index contributed by atoms with van der Waals surface area (Å²) in [4.78, 5) is 17.9. The normalized spacial score (nSPS) is 18.4. The van der Waals surface area contributed by atoms with Crippen LogP contribution in [0.2, 0.25) is 5.02 Å². The molecular formula is C26H22ClF3N6OS. The third-order valence-corrected chi connectivity index (χ3v) is 8.62. The van der Waals surface area contributed by atoms with E-state index in [9.17, 15) is 18.0 Å². The number of nitrogens with one attached hydrogen (secondary N) is 2. The van der Waals surface area contributed by atoms with E-state index in [1.54, 1.807) is 11.3 Å². The second-order valence-corrected chi connectivity index (χ2v) is 11.0. The lowest BCUT2D eigenvalue weighted by molar-refractivity contribution is -0.137. The van der Waals surface area contributed by atoms with Crippen molar-refractivity contribution in [2.75, 3.05) is 0 Å². The summed E-state index contributed by atoms with van der Waals surface area (Å²) in [7, 11) is 0. The molecule has 1 aliphatic carbocycles. The van der Waals surface area contributed by atoms with Crippen molar-refractivity contribution in [3.63, 3.8) is 0 Å². The van der Waals surface area contributed by atoms with E-state index >= 15 is 0 Å². The zero-order chi connectivity index (χ0) is 26.6. The van der Waals surface area contributed by atoms with E-state index in [0.29, 0.717) is 30.0 Å².